The number of rotatable bonds is 4. The summed E-state index contributed by atoms with van der Waals surface area (Å²) in [6, 6.07) is 17.1. The molecule has 1 N–H and O–H groups in total. The van der Waals surface area contributed by atoms with Crippen molar-refractivity contribution >= 4 is 0 Å². The van der Waals surface area contributed by atoms with Crippen LogP contribution >= 0.6 is 0 Å². The van der Waals surface area contributed by atoms with Crippen molar-refractivity contribution < 1.29 is 9.50 Å². The average molecular weight is 285 g/mol. The number of halogens is 1. The predicted octanol–water partition coefficient (Wildman–Crippen LogP) is 3.70. The molecule has 2 nitrogen and oxygen atoms in total. The van der Waals surface area contributed by atoms with E-state index in [1.54, 1.807) is 0 Å². The first-order valence-corrected chi connectivity index (χ1v) is 7.46. The fourth-order valence-corrected chi connectivity index (χ4v) is 3.28. The highest BCUT2D eigenvalue weighted by Crippen LogP contribution is 2.38. The van der Waals surface area contributed by atoms with E-state index in [0.717, 1.165) is 30.5 Å². The van der Waals surface area contributed by atoms with E-state index in [-0.39, 0.29) is 24.5 Å². The van der Waals surface area contributed by atoms with Gasteiger partial charge in [-0.15, -0.1) is 0 Å². The number of aliphatic hydroxyl groups excluding tert-OH is 1. The molecule has 0 saturated carbocycles. The molecule has 1 saturated heterocycles. The molecule has 1 heterocycles. The van der Waals surface area contributed by atoms with Crippen LogP contribution in [0.15, 0.2) is 54.6 Å². The lowest BCUT2D eigenvalue weighted by Gasteiger charge is -2.32. The van der Waals surface area contributed by atoms with Crippen LogP contribution in [-0.4, -0.2) is 23.2 Å². The van der Waals surface area contributed by atoms with Crippen LogP contribution < -0.4 is 0 Å². The molecule has 0 amide bonds. The first-order chi connectivity index (χ1) is 10.3. The molecule has 1 aliphatic rings. The van der Waals surface area contributed by atoms with E-state index < -0.39 is 0 Å². The maximum absolute atomic E-state index is 13.1. The van der Waals surface area contributed by atoms with Gasteiger partial charge in [0.15, 0.2) is 0 Å². The number of nitrogens with zero attached hydrogens (tertiary/aromatic N) is 1. The smallest absolute Gasteiger partial charge is 0.123 e. The third kappa shape index (κ3) is 2.99. The Labute approximate surface area is 124 Å². The summed E-state index contributed by atoms with van der Waals surface area (Å²) in [5, 5.41) is 9.85. The number of hydrogen-bond acceptors (Lipinski definition) is 2. The lowest BCUT2D eigenvalue weighted by molar-refractivity contribution is 0.112. The molecule has 3 rings (SSSR count). The molecule has 110 valence electrons. The molecule has 2 aromatic rings. The molecule has 0 spiro atoms. The summed E-state index contributed by atoms with van der Waals surface area (Å²) >= 11 is 0. The van der Waals surface area contributed by atoms with Crippen molar-refractivity contribution in [3.05, 3.63) is 71.5 Å². The molecule has 0 aromatic heterocycles. The topological polar surface area (TPSA) is 23.5 Å². The second kappa shape index (κ2) is 6.37. The number of likely N-dealkylation sites (tertiary alicyclic amines) is 1. The van der Waals surface area contributed by atoms with E-state index in [0.29, 0.717) is 0 Å². The molecule has 21 heavy (non-hydrogen) atoms. The second-order valence-electron chi connectivity index (χ2n) is 5.56. The summed E-state index contributed by atoms with van der Waals surface area (Å²) in [5.41, 5.74) is 2.26. The molecule has 2 atom stereocenters. The molecule has 1 aliphatic heterocycles. The van der Waals surface area contributed by atoms with E-state index in [1.165, 1.54) is 12.1 Å². The lowest BCUT2D eigenvalue weighted by Crippen LogP contribution is -2.30. The van der Waals surface area contributed by atoms with Gasteiger partial charge in [-0.25, -0.2) is 4.39 Å². The minimum Gasteiger partial charge on any atom is -0.394 e. The first-order valence-electron chi connectivity index (χ1n) is 7.46. The van der Waals surface area contributed by atoms with Crippen molar-refractivity contribution in [3.63, 3.8) is 0 Å². The van der Waals surface area contributed by atoms with Crippen LogP contribution in [-0.2, 0) is 0 Å². The maximum atomic E-state index is 13.1. The second-order valence-corrected chi connectivity index (χ2v) is 5.56. The van der Waals surface area contributed by atoms with E-state index in [2.05, 4.69) is 17.0 Å². The molecule has 0 bridgehead atoms. The standard InChI is InChI=1S/C18H20FNO/c19-16-10-8-15(9-11-16)17-7-4-12-20(17)18(13-21)14-5-2-1-3-6-14/h1-3,5-6,8-11,17-18,21H,4,7,12-13H2/t17-,18+/m1/s1. The Bertz CT molecular complexity index is 570. The Morgan fingerprint density at radius 1 is 1.10 bits per heavy atom. The van der Waals surface area contributed by atoms with E-state index in [1.807, 2.05) is 30.3 Å². The molecule has 2 aromatic carbocycles. The Morgan fingerprint density at radius 2 is 1.81 bits per heavy atom. The summed E-state index contributed by atoms with van der Waals surface area (Å²) in [5.74, 6) is -0.204. The van der Waals surface area contributed by atoms with Gasteiger partial charge in [-0.05, 0) is 42.6 Å². The summed E-state index contributed by atoms with van der Waals surface area (Å²) < 4.78 is 13.1. The van der Waals surface area contributed by atoms with Gasteiger partial charge in [0.05, 0.1) is 12.6 Å². The highest BCUT2D eigenvalue weighted by molar-refractivity contribution is 5.24. The van der Waals surface area contributed by atoms with Crippen LogP contribution in [0.5, 0.6) is 0 Å². The van der Waals surface area contributed by atoms with Gasteiger partial charge in [-0.1, -0.05) is 42.5 Å². The zero-order chi connectivity index (χ0) is 14.7. The molecule has 1 fully saturated rings. The van der Waals surface area contributed by atoms with Gasteiger partial charge in [0.1, 0.15) is 5.82 Å². The van der Waals surface area contributed by atoms with Crippen LogP contribution in [0, 0.1) is 5.82 Å². The Kier molecular flexibility index (Phi) is 4.32. The fraction of sp³-hybridized carbons (Fsp3) is 0.333. The lowest BCUT2D eigenvalue weighted by atomic mass is 10.0. The normalized spacial score (nSPS) is 20.6. The van der Waals surface area contributed by atoms with Gasteiger partial charge < -0.3 is 5.11 Å². The number of benzene rings is 2. The van der Waals surface area contributed by atoms with Crippen LogP contribution in [0.2, 0.25) is 0 Å². The van der Waals surface area contributed by atoms with Gasteiger partial charge >= 0.3 is 0 Å². The van der Waals surface area contributed by atoms with Gasteiger partial charge in [0, 0.05) is 6.04 Å². The van der Waals surface area contributed by atoms with Gasteiger partial charge in [0.25, 0.3) is 0 Å². The minimum atomic E-state index is -0.204. The fourth-order valence-electron chi connectivity index (χ4n) is 3.28. The van der Waals surface area contributed by atoms with Gasteiger partial charge in [0.2, 0.25) is 0 Å². The van der Waals surface area contributed by atoms with Crippen LogP contribution in [0.25, 0.3) is 0 Å². The Balaban J connectivity index is 1.87. The highest BCUT2D eigenvalue weighted by atomic mass is 19.1. The van der Waals surface area contributed by atoms with Crippen molar-refractivity contribution in [1.29, 1.82) is 0 Å². The molecule has 3 heteroatoms. The first kappa shape index (κ1) is 14.2. The van der Waals surface area contributed by atoms with Crippen molar-refractivity contribution in [2.75, 3.05) is 13.2 Å². The van der Waals surface area contributed by atoms with E-state index >= 15 is 0 Å². The SMILES string of the molecule is OC[C@@H](c1ccccc1)N1CCC[C@@H]1c1ccc(F)cc1. The van der Waals surface area contributed by atoms with E-state index in [9.17, 15) is 9.50 Å². The number of aliphatic hydroxyl groups is 1. The van der Waals surface area contributed by atoms with Crippen molar-refractivity contribution in [1.82, 2.24) is 4.90 Å². The quantitative estimate of drug-likeness (QED) is 0.926. The number of hydrogen-bond donors (Lipinski definition) is 1. The monoisotopic (exact) mass is 285 g/mol. The molecule has 0 aliphatic carbocycles. The van der Waals surface area contributed by atoms with Crippen LogP contribution in [0.3, 0.4) is 0 Å². The zero-order valence-corrected chi connectivity index (χ0v) is 12.0. The molecular weight excluding hydrogens is 265 g/mol. The Hall–Kier alpha value is -1.71. The Morgan fingerprint density at radius 3 is 2.48 bits per heavy atom. The summed E-state index contributed by atoms with van der Waals surface area (Å²) in [7, 11) is 0. The van der Waals surface area contributed by atoms with Crippen molar-refractivity contribution in [3.8, 4) is 0 Å². The highest BCUT2D eigenvalue weighted by Gasteiger charge is 2.32. The van der Waals surface area contributed by atoms with Crippen molar-refractivity contribution in [2.45, 2.75) is 24.9 Å². The summed E-state index contributed by atoms with van der Waals surface area (Å²) in [6.07, 6.45) is 2.15. The maximum Gasteiger partial charge on any atom is 0.123 e. The molecule has 0 radical (unpaired) electrons. The third-order valence-electron chi connectivity index (χ3n) is 4.31. The van der Waals surface area contributed by atoms with Crippen molar-refractivity contribution in [2.24, 2.45) is 0 Å². The largest absolute Gasteiger partial charge is 0.394 e. The van der Waals surface area contributed by atoms with Gasteiger partial charge in [-0.3, -0.25) is 4.90 Å². The average Bonchev–Trinajstić information content (AvgIpc) is 2.99. The van der Waals surface area contributed by atoms with E-state index in [4.69, 9.17) is 0 Å². The molecule has 0 unspecified atom stereocenters. The third-order valence-corrected chi connectivity index (χ3v) is 4.31. The minimum absolute atomic E-state index is 0.00348. The van der Waals surface area contributed by atoms with Crippen LogP contribution in [0.4, 0.5) is 4.39 Å². The summed E-state index contributed by atoms with van der Waals surface area (Å²) in [4.78, 5) is 2.34. The predicted molar refractivity (Wildman–Crippen MR) is 81.3 cm³/mol. The van der Waals surface area contributed by atoms with Crippen LogP contribution in [0.1, 0.15) is 36.1 Å². The summed E-state index contributed by atoms with van der Waals surface area (Å²) in [6.45, 7) is 1.06. The molecular formula is C18H20FNO. The zero-order valence-electron chi connectivity index (χ0n) is 12.0. The van der Waals surface area contributed by atoms with Gasteiger partial charge in [-0.2, -0.15) is 0 Å².